The molecule has 0 fully saturated rings. The molecule has 3 nitrogen and oxygen atoms in total. The van der Waals surface area contributed by atoms with Crippen LogP contribution in [0, 0.1) is 11.8 Å². The first-order valence-corrected chi connectivity index (χ1v) is 6.26. The van der Waals surface area contributed by atoms with Gasteiger partial charge in [0.1, 0.15) is 0 Å². The maximum atomic E-state index is 11.3. The first kappa shape index (κ1) is 15.4. The molecular weight excluding hydrogens is 202 g/mol. The van der Waals surface area contributed by atoms with Gasteiger partial charge in [0.05, 0.1) is 13.0 Å². The van der Waals surface area contributed by atoms with E-state index in [9.17, 15) is 4.79 Å². The van der Waals surface area contributed by atoms with Gasteiger partial charge in [0.15, 0.2) is 0 Å². The average Bonchev–Trinajstić information content (AvgIpc) is 2.26. The first-order valence-electron chi connectivity index (χ1n) is 6.26. The smallest absolute Gasteiger partial charge is 0.308 e. The van der Waals surface area contributed by atoms with E-state index < -0.39 is 0 Å². The quantitative estimate of drug-likeness (QED) is 0.682. The van der Waals surface area contributed by atoms with Gasteiger partial charge in [-0.05, 0) is 26.2 Å². The fraction of sp³-hybridized carbons (Fsp3) is 0.923. The molecule has 0 aliphatic rings. The van der Waals surface area contributed by atoms with Crippen LogP contribution in [-0.2, 0) is 9.53 Å². The van der Waals surface area contributed by atoms with Crippen LogP contribution in [0.4, 0.5) is 0 Å². The Morgan fingerprint density at radius 3 is 2.25 bits per heavy atom. The predicted molar refractivity (Wildman–Crippen MR) is 67.3 cm³/mol. The molecule has 4 atom stereocenters. The number of hydrogen-bond donors (Lipinski definition) is 1. The minimum Gasteiger partial charge on any atom is -0.469 e. The molecule has 0 aromatic rings. The fourth-order valence-electron chi connectivity index (χ4n) is 1.86. The lowest BCUT2D eigenvalue weighted by Gasteiger charge is -2.25. The molecule has 0 aliphatic heterocycles. The van der Waals surface area contributed by atoms with E-state index in [0.29, 0.717) is 18.0 Å². The zero-order valence-corrected chi connectivity index (χ0v) is 11.5. The Labute approximate surface area is 99.9 Å². The van der Waals surface area contributed by atoms with Gasteiger partial charge in [-0.1, -0.05) is 27.2 Å². The molecule has 0 heterocycles. The summed E-state index contributed by atoms with van der Waals surface area (Å²) in [5, 5.41) is 3.53. The van der Waals surface area contributed by atoms with E-state index in [1.54, 1.807) is 0 Å². The van der Waals surface area contributed by atoms with E-state index in [1.165, 1.54) is 13.5 Å². The van der Waals surface area contributed by atoms with Crippen LogP contribution in [0.2, 0.25) is 0 Å². The topological polar surface area (TPSA) is 38.3 Å². The Morgan fingerprint density at radius 2 is 1.81 bits per heavy atom. The number of carbonyl (C=O) groups excluding carboxylic acids is 1. The Hall–Kier alpha value is -0.570. The van der Waals surface area contributed by atoms with E-state index in [-0.39, 0.29) is 11.9 Å². The lowest BCUT2D eigenvalue weighted by Crippen LogP contribution is -2.40. The van der Waals surface area contributed by atoms with Crippen molar-refractivity contribution in [2.45, 2.75) is 59.5 Å². The predicted octanol–water partition coefficient (Wildman–Crippen LogP) is 2.60. The minimum absolute atomic E-state index is 0.0309. The summed E-state index contributed by atoms with van der Waals surface area (Å²) in [7, 11) is 1.44. The standard InChI is InChI=1S/C13H27NO2/c1-7-9(2)12(5)14-11(4)8-10(3)13(15)16-6/h9-12,14H,7-8H2,1-6H3. The molecule has 0 rings (SSSR count). The second-order valence-electron chi connectivity index (χ2n) is 4.90. The summed E-state index contributed by atoms with van der Waals surface area (Å²) in [4.78, 5) is 11.3. The highest BCUT2D eigenvalue weighted by molar-refractivity contribution is 5.71. The van der Waals surface area contributed by atoms with Gasteiger partial charge in [-0.3, -0.25) is 4.79 Å². The fourth-order valence-corrected chi connectivity index (χ4v) is 1.86. The summed E-state index contributed by atoms with van der Waals surface area (Å²) in [5.41, 5.74) is 0. The molecule has 0 spiro atoms. The number of esters is 1. The van der Waals surface area contributed by atoms with Crippen LogP contribution in [0.15, 0.2) is 0 Å². The third-order valence-corrected chi connectivity index (χ3v) is 3.36. The highest BCUT2D eigenvalue weighted by Gasteiger charge is 2.19. The SMILES string of the molecule is CCC(C)C(C)NC(C)CC(C)C(=O)OC. The van der Waals surface area contributed by atoms with Crippen molar-refractivity contribution in [1.29, 1.82) is 0 Å². The van der Waals surface area contributed by atoms with Crippen LogP contribution in [0.5, 0.6) is 0 Å². The molecule has 0 radical (unpaired) electrons. The zero-order valence-electron chi connectivity index (χ0n) is 11.5. The van der Waals surface area contributed by atoms with Crippen molar-refractivity contribution in [3.63, 3.8) is 0 Å². The first-order chi connectivity index (χ1) is 7.42. The Morgan fingerprint density at radius 1 is 1.25 bits per heavy atom. The van der Waals surface area contributed by atoms with Gasteiger partial charge in [-0.2, -0.15) is 0 Å². The molecule has 3 heteroatoms. The van der Waals surface area contributed by atoms with Crippen molar-refractivity contribution in [2.75, 3.05) is 7.11 Å². The van der Waals surface area contributed by atoms with E-state index >= 15 is 0 Å². The summed E-state index contributed by atoms with van der Waals surface area (Å²) >= 11 is 0. The molecule has 0 aromatic heterocycles. The molecule has 1 N–H and O–H groups in total. The maximum Gasteiger partial charge on any atom is 0.308 e. The molecule has 0 bridgehead atoms. The minimum atomic E-state index is -0.121. The number of ether oxygens (including phenoxy) is 1. The Bertz CT molecular complexity index is 206. The number of methoxy groups -OCH3 is 1. The van der Waals surface area contributed by atoms with Crippen molar-refractivity contribution in [3.05, 3.63) is 0 Å². The summed E-state index contributed by atoms with van der Waals surface area (Å²) in [6.45, 7) is 10.7. The average molecular weight is 229 g/mol. The normalized spacial score (nSPS) is 18.6. The van der Waals surface area contributed by atoms with Crippen molar-refractivity contribution in [3.8, 4) is 0 Å². The van der Waals surface area contributed by atoms with Crippen LogP contribution in [0.25, 0.3) is 0 Å². The van der Waals surface area contributed by atoms with E-state index in [2.05, 4.69) is 33.0 Å². The second-order valence-corrected chi connectivity index (χ2v) is 4.90. The van der Waals surface area contributed by atoms with Crippen molar-refractivity contribution >= 4 is 5.97 Å². The van der Waals surface area contributed by atoms with Gasteiger partial charge in [0, 0.05) is 12.1 Å². The number of nitrogens with one attached hydrogen (secondary N) is 1. The Balaban J connectivity index is 3.98. The molecule has 0 saturated carbocycles. The molecule has 96 valence electrons. The van der Waals surface area contributed by atoms with Gasteiger partial charge in [0.2, 0.25) is 0 Å². The van der Waals surface area contributed by atoms with Crippen molar-refractivity contribution in [1.82, 2.24) is 5.32 Å². The summed E-state index contributed by atoms with van der Waals surface area (Å²) in [5.74, 6) is 0.511. The van der Waals surface area contributed by atoms with Gasteiger partial charge >= 0.3 is 5.97 Å². The summed E-state index contributed by atoms with van der Waals surface area (Å²) < 4.78 is 4.72. The van der Waals surface area contributed by atoms with Gasteiger partial charge < -0.3 is 10.1 Å². The summed E-state index contributed by atoms with van der Waals surface area (Å²) in [6.07, 6.45) is 2.00. The number of rotatable bonds is 7. The van der Waals surface area contributed by atoms with Gasteiger partial charge in [-0.25, -0.2) is 0 Å². The van der Waals surface area contributed by atoms with E-state index in [4.69, 9.17) is 4.74 Å². The monoisotopic (exact) mass is 229 g/mol. The summed E-state index contributed by atoms with van der Waals surface area (Å²) in [6, 6.07) is 0.836. The van der Waals surface area contributed by atoms with Crippen molar-refractivity contribution < 1.29 is 9.53 Å². The Kier molecular flexibility index (Phi) is 7.39. The van der Waals surface area contributed by atoms with Crippen LogP contribution in [-0.4, -0.2) is 25.2 Å². The number of hydrogen-bond acceptors (Lipinski definition) is 3. The highest BCUT2D eigenvalue weighted by atomic mass is 16.5. The largest absolute Gasteiger partial charge is 0.469 e. The second kappa shape index (κ2) is 7.66. The van der Waals surface area contributed by atoms with Gasteiger partial charge in [-0.15, -0.1) is 0 Å². The third-order valence-electron chi connectivity index (χ3n) is 3.36. The van der Waals surface area contributed by atoms with E-state index in [0.717, 1.165) is 6.42 Å². The molecular formula is C13H27NO2. The van der Waals surface area contributed by atoms with Crippen molar-refractivity contribution in [2.24, 2.45) is 11.8 Å². The molecule has 4 unspecified atom stereocenters. The van der Waals surface area contributed by atoms with Crippen LogP contribution >= 0.6 is 0 Å². The van der Waals surface area contributed by atoms with Crippen LogP contribution < -0.4 is 5.32 Å². The lowest BCUT2D eigenvalue weighted by molar-refractivity contribution is -0.145. The lowest BCUT2D eigenvalue weighted by atomic mass is 9.97. The van der Waals surface area contributed by atoms with Gasteiger partial charge in [0.25, 0.3) is 0 Å². The molecule has 0 amide bonds. The third kappa shape index (κ3) is 5.50. The van der Waals surface area contributed by atoms with Crippen LogP contribution in [0.3, 0.4) is 0 Å². The molecule has 0 aliphatic carbocycles. The molecule has 0 aromatic carbocycles. The molecule has 0 saturated heterocycles. The zero-order chi connectivity index (χ0) is 12.7. The maximum absolute atomic E-state index is 11.3. The van der Waals surface area contributed by atoms with Crippen LogP contribution in [0.1, 0.15) is 47.5 Å². The number of carbonyl (C=O) groups is 1. The molecule has 16 heavy (non-hydrogen) atoms. The highest BCUT2D eigenvalue weighted by Crippen LogP contribution is 2.12. The van der Waals surface area contributed by atoms with E-state index in [1.807, 2.05) is 6.92 Å².